The predicted molar refractivity (Wildman–Crippen MR) is 109 cm³/mol. The zero-order chi connectivity index (χ0) is 18.5. The van der Waals surface area contributed by atoms with Gasteiger partial charge in [0.05, 0.1) is 7.11 Å². The molecule has 27 heavy (non-hydrogen) atoms. The van der Waals surface area contributed by atoms with Crippen molar-refractivity contribution in [3.8, 4) is 5.75 Å². The molecule has 1 nitrogen and oxygen atoms in total. The van der Waals surface area contributed by atoms with Crippen LogP contribution in [0.3, 0.4) is 0 Å². The third-order valence-electron chi connectivity index (χ3n) is 6.77. The monoisotopic (exact) mass is 378 g/mol. The van der Waals surface area contributed by atoms with Crippen LogP contribution in [0.25, 0.3) is 0 Å². The fraction of sp³-hybridized carbons (Fsp3) is 0.667. The molecule has 2 fully saturated rings. The second-order valence-corrected chi connectivity index (χ2v) is 8.18. The maximum Gasteiger partial charge on any atom is 0.200 e. The SMILES string of the molecule is C.CC=CCC1CCC(C2CCC(c3ccc(OC)c(F)c3F)CC2)CC1. The molecule has 0 saturated heterocycles. The second kappa shape index (κ2) is 10.2. The standard InChI is InChI=1S/C23H32F2O.CH4/c1-3-4-5-16-6-8-17(9-7-16)18-10-12-19(13-11-18)20-14-15-21(26-2)23(25)22(20)24;/h3-4,14-19H,5-13H2,1-2H3;1H4. The van der Waals surface area contributed by atoms with Crippen LogP contribution in [0.15, 0.2) is 24.3 Å². The molecule has 0 aromatic heterocycles. The van der Waals surface area contributed by atoms with E-state index in [0.29, 0.717) is 5.56 Å². The molecule has 0 atom stereocenters. The molecule has 1 aromatic carbocycles. The summed E-state index contributed by atoms with van der Waals surface area (Å²) in [6.07, 6.45) is 15.4. The molecule has 2 saturated carbocycles. The van der Waals surface area contributed by atoms with Crippen LogP contribution in [0.5, 0.6) is 5.75 Å². The fourth-order valence-electron chi connectivity index (χ4n) is 5.15. The smallest absolute Gasteiger partial charge is 0.200 e. The number of methoxy groups -OCH3 is 1. The van der Waals surface area contributed by atoms with Crippen molar-refractivity contribution >= 4 is 0 Å². The Labute approximate surface area is 164 Å². The maximum atomic E-state index is 14.4. The molecule has 0 radical (unpaired) electrons. The van der Waals surface area contributed by atoms with Gasteiger partial charge in [-0.15, -0.1) is 0 Å². The minimum Gasteiger partial charge on any atom is -0.494 e. The van der Waals surface area contributed by atoms with Crippen molar-refractivity contribution in [3.63, 3.8) is 0 Å². The summed E-state index contributed by atoms with van der Waals surface area (Å²) in [6, 6.07) is 3.28. The Morgan fingerprint density at radius 3 is 2.07 bits per heavy atom. The number of allylic oxidation sites excluding steroid dienone is 2. The van der Waals surface area contributed by atoms with Gasteiger partial charge in [0, 0.05) is 0 Å². The molecular formula is C24H36F2O. The normalized spacial score (nSPS) is 28.7. The number of rotatable bonds is 5. The summed E-state index contributed by atoms with van der Waals surface area (Å²) >= 11 is 0. The highest BCUT2D eigenvalue weighted by atomic mass is 19.2. The molecule has 0 spiro atoms. The van der Waals surface area contributed by atoms with Gasteiger partial charge in [-0.1, -0.05) is 25.6 Å². The van der Waals surface area contributed by atoms with Crippen molar-refractivity contribution in [1.82, 2.24) is 0 Å². The molecule has 0 N–H and O–H groups in total. The summed E-state index contributed by atoms with van der Waals surface area (Å²) in [5, 5.41) is 0. The lowest BCUT2D eigenvalue weighted by Crippen LogP contribution is -2.25. The van der Waals surface area contributed by atoms with E-state index in [1.165, 1.54) is 39.2 Å². The zero-order valence-electron chi connectivity index (χ0n) is 16.1. The molecular weight excluding hydrogens is 342 g/mol. The lowest BCUT2D eigenvalue weighted by Gasteiger charge is -2.38. The molecule has 3 rings (SSSR count). The Morgan fingerprint density at radius 2 is 1.52 bits per heavy atom. The van der Waals surface area contributed by atoms with Crippen molar-refractivity contribution in [3.05, 3.63) is 41.5 Å². The Bertz CT molecular complexity index is 609. The van der Waals surface area contributed by atoms with E-state index < -0.39 is 11.6 Å². The molecule has 0 unspecified atom stereocenters. The first-order valence-corrected chi connectivity index (χ1v) is 10.3. The van der Waals surface area contributed by atoms with Crippen LogP contribution in [0.2, 0.25) is 0 Å². The summed E-state index contributed by atoms with van der Waals surface area (Å²) in [5.41, 5.74) is 0.539. The molecule has 2 aliphatic carbocycles. The van der Waals surface area contributed by atoms with E-state index in [1.54, 1.807) is 12.1 Å². The lowest BCUT2D eigenvalue weighted by molar-refractivity contribution is 0.160. The molecule has 2 aliphatic rings. The van der Waals surface area contributed by atoms with Gasteiger partial charge in [-0.25, -0.2) is 4.39 Å². The Balaban J connectivity index is 0.00000261. The van der Waals surface area contributed by atoms with Crippen molar-refractivity contribution in [2.75, 3.05) is 7.11 Å². The van der Waals surface area contributed by atoms with Gasteiger partial charge in [0.1, 0.15) is 0 Å². The summed E-state index contributed by atoms with van der Waals surface area (Å²) in [5.74, 6) is 1.08. The highest BCUT2D eigenvalue weighted by molar-refractivity contribution is 5.33. The van der Waals surface area contributed by atoms with Crippen molar-refractivity contribution < 1.29 is 13.5 Å². The van der Waals surface area contributed by atoms with Crippen LogP contribution in [0, 0.1) is 29.4 Å². The van der Waals surface area contributed by atoms with Crippen LogP contribution in [0.4, 0.5) is 8.78 Å². The van der Waals surface area contributed by atoms with E-state index in [4.69, 9.17) is 4.74 Å². The van der Waals surface area contributed by atoms with E-state index >= 15 is 0 Å². The van der Waals surface area contributed by atoms with E-state index in [2.05, 4.69) is 19.1 Å². The Kier molecular flexibility index (Phi) is 8.31. The van der Waals surface area contributed by atoms with Gasteiger partial charge < -0.3 is 4.74 Å². The third kappa shape index (κ3) is 5.12. The van der Waals surface area contributed by atoms with Crippen molar-refractivity contribution in [2.45, 2.75) is 78.1 Å². The highest BCUT2D eigenvalue weighted by Crippen LogP contribution is 2.45. The van der Waals surface area contributed by atoms with E-state index in [1.807, 2.05) is 0 Å². The topological polar surface area (TPSA) is 9.23 Å². The summed E-state index contributed by atoms with van der Waals surface area (Å²) in [6.45, 7) is 2.10. The van der Waals surface area contributed by atoms with Gasteiger partial charge in [-0.2, -0.15) is 4.39 Å². The van der Waals surface area contributed by atoms with Crippen molar-refractivity contribution in [2.24, 2.45) is 17.8 Å². The van der Waals surface area contributed by atoms with Crippen molar-refractivity contribution in [1.29, 1.82) is 0 Å². The van der Waals surface area contributed by atoms with Crippen LogP contribution in [-0.4, -0.2) is 7.11 Å². The number of hydrogen-bond acceptors (Lipinski definition) is 1. The van der Waals surface area contributed by atoms with Gasteiger partial charge in [0.15, 0.2) is 11.6 Å². The molecule has 3 heteroatoms. The molecule has 152 valence electrons. The van der Waals surface area contributed by atoms with Crippen LogP contribution in [0.1, 0.15) is 83.6 Å². The number of benzene rings is 1. The first-order chi connectivity index (χ1) is 12.6. The molecule has 1 aromatic rings. The van der Waals surface area contributed by atoms with E-state index in [9.17, 15) is 8.78 Å². The van der Waals surface area contributed by atoms with Gasteiger partial charge in [0.2, 0.25) is 5.82 Å². The van der Waals surface area contributed by atoms with Gasteiger partial charge in [-0.3, -0.25) is 0 Å². The highest BCUT2D eigenvalue weighted by Gasteiger charge is 2.32. The van der Waals surface area contributed by atoms with E-state index in [-0.39, 0.29) is 19.1 Å². The lowest BCUT2D eigenvalue weighted by atomic mass is 9.68. The zero-order valence-corrected chi connectivity index (χ0v) is 16.1. The number of halogens is 2. The average Bonchev–Trinajstić information content (AvgIpc) is 2.69. The minimum atomic E-state index is -0.841. The Hall–Kier alpha value is -1.38. The fourth-order valence-corrected chi connectivity index (χ4v) is 5.15. The maximum absolute atomic E-state index is 14.4. The Morgan fingerprint density at radius 1 is 0.926 bits per heavy atom. The summed E-state index contributed by atoms with van der Waals surface area (Å²) < 4.78 is 33.3. The molecule has 0 heterocycles. The first-order valence-electron chi connectivity index (χ1n) is 10.3. The average molecular weight is 379 g/mol. The van der Waals surface area contributed by atoms with Crippen LogP contribution < -0.4 is 4.74 Å². The quantitative estimate of drug-likeness (QED) is 0.478. The van der Waals surface area contributed by atoms with Gasteiger partial charge >= 0.3 is 0 Å². The van der Waals surface area contributed by atoms with Crippen LogP contribution >= 0.6 is 0 Å². The molecule has 0 bridgehead atoms. The van der Waals surface area contributed by atoms with Gasteiger partial charge in [0.25, 0.3) is 0 Å². The van der Waals surface area contributed by atoms with E-state index in [0.717, 1.165) is 43.4 Å². The summed E-state index contributed by atoms with van der Waals surface area (Å²) in [4.78, 5) is 0. The largest absolute Gasteiger partial charge is 0.494 e. The minimum absolute atomic E-state index is 0. The molecule has 0 aliphatic heterocycles. The first kappa shape index (κ1) is 21.9. The second-order valence-electron chi connectivity index (χ2n) is 8.18. The summed E-state index contributed by atoms with van der Waals surface area (Å²) in [7, 11) is 1.37. The third-order valence-corrected chi connectivity index (χ3v) is 6.77. The van der Waals surface area contributed by atoms with Gasteiger partial charge in [-0.05, 0) is 100 Å². The number of ether oxygens (including phenoxy) is 1. The molecule has 0 amide bonds. The number of hydrogen-bond donors (Lipinski definition) is 0. The van der Waals surface area contributed by atoms with Crippen LogP contribution in [-0.2, 0) is 0 Å². The predicted octanol–water partition coefficient (Wildman–Crippen LogP) is 7.66.